The first-order valence-electron chi connectivity index (χ1n) is 9.37. The van der Waals surface area contributed by atoms with Gasteiger partial charge in [-0.15, -0.1) is 0 Å². The molecule has 0 aromatic heterocycles. The molecule has 2 aromatic rings. The van der Waals surface area contributed by atoms with Crippen molar-refractivity contribution in [2.45, 2.75) is 56.8 Å². The number of benzene rings is 2. The van der Waals surface area contributed by atoms with Crippen molar-refractivity contribution < 1.29 is 14.2 Å². The normalized spacial score (nSPS) is 28.3. The van der Waals surface area contributed by atoms with Crippen molar-refractivity contribution in [2.75, 3.05) is 7.11 Å². The first-order chi connectivity index (χ1) is 12.5. The second-order valence-electron chi connectivity index (χ2n) is 7.77. The third-order valence-electron chi connectivity index (χ3n) is 6.13. The molecule has 0 amide bonds. The van der Waals surface area contributed by atoms with Gasteiger partial charge in [0.2, 0.25) is 0 Å². The van der Waals surface area contributed by atoms with E-state index in [2.05, 4.69) is 30.0 Å². The van der Waals surface area contributed by atoms with E-state index in [1.54, 1.807) is 13.2 Å². The van der Waals surface area contributed by atoms with Crippen LogP contribution in [0.4, 0.5) is 4.39 Å². The molecule has 3 atom stereocenters. The van der Waals surface area contributed by atoms with Gasteiger partial charge in [0.25, 0.3) is 0 Å². The van der Waals surface area contributed by atoms with Crippen molar-refractivity contribution in [1.29, 1.82) is 0 Å². The molecule has 2 aromatic carbocycles. The van der Waals surface area contributed by atoms with E-state index >= 15 is 0 Å². The zero-order chi connectivity index (χ0) is 18.3. The van der Waals surface area contributed by atoms with Crippen LogP contribution < -0.4 is 4.74 Å². The Balaban J connectivity index is 1.57. The molecule has 4 rings (SSSR count). The van der Waals surface area contributed by atoms with Crippen molar-refractivity contribution in [2.24, 2.45) is 0 Å². The van der Waals surface area contributed by atoms with Crippen LogP contribution in [0.3, 0.4) is 0 Å². The molecule has 2 saturated heterocycles. The average molecular weight is 355 g/mol. The minimum atomic E-state index is -0.929. The number of halogens is 1. The zero-order valence-electron chi connectivity index (χ0n) is 15.4. The largest absolute Gasteiger partial charge is 0.496 e. The van der Waals surface area contributed by atoms with Gasteiger partial charge < -0.3 is 9.84 Å². The summed E-state index contributed by atoms with van der Waals surface area (Å²) in [5.41, 5.74) is 2.12. The molecule has 0 spiro atoms. The molecule has 2 fully saturated rings. The van der Waals surface area contributed by atoms with Crippen LogP contribution in [-0.2, 0) is 12.1 Å². The minimum absolute atomic E-state index is 0.282. The second-order valence-corrected chi connectivity index (χ2v) is 7.77. The van der Waals surface area contributed by atoms with Gasteiger partial charge in [0.15, 0.2) is 0 Å². The van der Waals surface area contributed by atoms with E-state index in [1.807, 2.05) is 6.07 Å². The molecule has 26 heavy (non-hydrogen) atoms. The predicted octanol–water partition coefficient (Wildman–Crippen LogP) is 4.16. The highest BCUT2D eigenvalue weighted by atomic mass is 19.1. The number of methoxy groups -OCH3 is 1. The summed E-state index contributed by atoms with van der Waals surface area (Å²) in [6.07, 6.45) is 3.47. The van der Waals surface area contributed by atoms with Gasteiger partial charge in [-0.1, -0.05) is 30.3 Å². The summed E-state index contributed by atoms with van der Waals surface area (Å²) in [7, 11) is 1.72. The first kappa shape index (κ1) is 17.5. The van der Waals surface area contributed by atoms with Gasteiger partial charge in [-0.05, 0) is 55.9 Å². The van der Waals surface area contributed by atoms with E-state index in [4.69, 9.17) is 4.74 Å². The van der Waals surface area contributed by atoms with Gasteiger partial charge in [-0.2, -0.15) is 0 Å². The molecular formula is C22H26FNO2. The van der Waals surface area contributed by atoms with Gasteiger partial charge >= 0.3 is 0 Å². The van der Waals surface area contributed by atoms with Crippen LogP contribution in [0, 0.1) is 12.7 Å². The number of ether oxygens (including phenoxy) is 1. The number of piperidine rings is 1. The van der Waals surface area contributed by atoms with Crippen molar-refractivity contribution in [3.63, 3.8) is 0 Å². The average Bonchev–Trinajstić information content (AvgIpc) is 2.86. The summed E-state index contributed by atoms with van der Waals surface area (Å²) in [6, 6.07) is 13.3. The molecule has 2 heterocycles. The lowest BCUT2D eigenvalue weighted by Gasteiger charge is -2.44. The molecule has 4 heteroatoms. The van der Waals surface area contributed by atoms with Crippen LogP contribution in [0.15, 0.2) is 42.5 Å². The Morgan fingerprint density at radius 2 is 1.85 bits per heavy atom. The molecule has 138 valence electrons. The van der Waals surface area contributed by atoms with Crippen LogP contribution in [0.2, 0.25) is 0 Å². The highest BCUT2D eigenvalue weighted by Gasteiger charge is 2.48. The number of hydrogen-bond donors (Lipinski definition) is 1. The maximum atomic E-state index is 13.7. The van der Waals surface area contributed by atoms with Gasteiger partial charge in [0.1, 0.15) is 11.6 Å². The fourth-order valence-corrected chi connectivity index (χ4v) is 4.91. The van der Waals surface area contributed by atoms with Crippen LogP contribution in [0.5, 0.6) is 5.75 Å². The van der Waals surface area contributed by atoms with E-state index < -0.39 is 5.60 Å². The minimum Gasteiger partial charge on any atom is -0.496 e. The lowest BCUT2D eigenvalue weighted by atomic mass is 9.80. The van der Waals surface area contributed by atoms with Gasteiger partial charge in [0, 0.05) is 24.2 Å². The van der Waals surface area contributed by atoms with E-state index in [-0.39, 0.29) is 5.82 Å². The number of para-hydroxylation sites is 1. The molecule has 0 saturated carbocycles. The van der Waals surface area contributed by atoms with Crippen LogP contribution >= 0.6 is 0 Å². The standard InChI is InChI=1S/C22H26FNO2/c1-15-5-3-6-16(21(15)26-2)14-24-19-9-10-20(24)13-22(25,12-19)17-7-4-8-18(23)11-17/h3-8,11,19-20,25H,9-10,12-14H2,1-2H3/t19-,20+,22?. The van der Waals surface area contributed by atoms with Gasteiger partial charge in [-0.25, -0.2) is 4.39 Å². The Labute approximate surface area is 154 Å². The highest BCUT2D eigenvalue weighted by molar-refractivity contribution is 5.41. The van der Waals surface area contributed by atoms with E-state index in [0.717, 1.165) is 30.7 Å². The molecular weight excluding hydrogens is 329 g/mol. The Morgan fingerprint density at radius 1 is 1.15 bits per heavy atom. The zero-order valence-corrected chi connectivity index (χ0v) is 15.4. The topological polar surface area (TPSA) is 32.7 Å². The molecule has 3 nitrogen and oxygen atoms in total. The van der Waals surface area contributed by atoms with Crippen molar-refractivity contribution in [3.05, 3.63) is 65.0 Å². The van der Waals surface area contributed by atoms with Crippen molar-refractivity contribution in [1.82, 2.24) is 4.90 Å². The Bertz CT molecular complexity index is 792. The number of fused-ring (bicyclic) bond motifs is 2. The molecule has 0 aliphatic carbocycles. The molecule has 2 bridgehead atoms. The monoisotopic (exact) mass is 355 g/mol. The molecule has 2 aliphatic heterocycles. The van der Waals surface area contributed by atoms with E-state index in [9.17, 15) is 9.50 Å². The maximum Gasteiger partial charge on any atom is 0.126 e. The number of hydrogen-bond acceptors (Lipinski definition) is 3. The summed E-state index contributed by atoms with van der Waals surface area (Å²) < 4.78 is 19.3. The van der Waals surface area contributed by atoms with Crippen LogP contribution in [0.1, 0.15) is 42.4 Å². The predicted molar refractivity (Wildman–Crippen MR) is 99.6 cm³/mol. The summed E-state index contributed by atoms with van der Waals surface area (Å²) in [5.74, 6) is 0.674. The summed E-state index contributed by atoms with van der Waals surface area (Å²) in [5, 5.41) is 11.3. The summed E-state index contributed by atoms with van der Waals surface area (Å²) in [6.45, 7) is 2.90. The molecule has 2 aliphatic rings. The number of nitrogens with zero attached hydrogens (tertiary/aromatic N) is 1. The summed E-state index contributed by atoms with van der Waals surface area (Å²) >= 11 is 0. The Kier molecular flexibility index (Phi) is 4.49. The molecule has 1 unspecified atom stereocenters. The Hall–Kier alpha value is -1.91. The third-order valence-corrected chi connectivity index (χ3v) is 6.13. The number of aryl methyl sites for hydroxylation is 1. The van der Waals surface area contributed by atoms with E-state index in [1.165, 1.54) is 17.7 Å². The lowest BCUT2D eigenvalue weighted by Crippen LogP contribution is -2.49. The first-order valence-corrected chi connectivity index (χ1v) is 9.37. The SMILES string of the molecule is COc1c(C)cccc1CN1[C@@H]2CC[C@H]1CC(O)(c1cccc(F)c1)C2. The van der Waals surface area contributed by atoms with Crippen LogP contribution in [0.25, 0.3) is 0 Å². The van der Waals surface area contributed by atoms with Crippen LogP contribution in [-0.4, -0.2) is 29.2 Å². The highest BCUT2D eigenvalue weighted by Crippen LogP contribution is 2.46. The lowest BCUT2D eigenvalue weighted by molar-refractivity contribution is -0.0598. The maximum absolute atomic E-state index is 13.7. The number of rotatable bonds is 4. The van der Waals surface area contributed by atoms with Gasteiger partial charge in [0.05, 0.1) is 12.7 Å². The molecule has 1 N–H and O–H groups in total. The fourth-order valence-electron chi connectivity index (χ4n) is 4.91. The fraction of sp³-hybridized carbons (Fsp3) is 0.455. The van der Waals surface area contributed by atoms with Crippen molar-refractivity contribution in [3.8, 4) is 5.75 Å². The van der Waals surface area contributed by atoms with Crippen molar-refractivity contribution >= 4 is 0 Å². The second kappa shape index (κ2) is 6.67. The molecule has 0 radical (unpaired) electrons. The van der Waals surface area contributed by atoms with E-state index in [0.29, 0.717) is 30.5 Å². The number of aliphatic hydroxyl groups is 1. The quantitative estimate of drug-likeness (QED) is 0.894. The van der Waals surface area contributed by atoms with Gasteiger partial charge in [-0.3, -0.25) is 4.90 Å². The third kappa shape index (κ3) is 3.01. The Morgan fingerprint density at radius 3 is 2.50 bits per heavy atom. The summed E-state index contributed by atoms with van der Waals surface area (Å²) in [4.78, 5) is 2.51. The smallest absolute Gasteiger partial charge is 0.126 e.